The molecule has 10 nitrogen and oxygen atoms in total. The summed E-state index contributed by atoms with van der Waals surface area (Å²) in [4.78, 5) is 17.6. The Hall–Kier alpha value is -4.10. The molecule has 208 valence electrons. The minimum atomic E-state index is -4.61. The number of rotatable bonds is 8. The van der Waals surface area contributed by atoms with Gasteiger partial charge in [0.05, 0.1) is 47.2 Å². The van der Waals surface area contributed by atoms with E-state index in [2.05, 4.69) is 31.7 Å². The topological polar surface area (TPSA) is 108 Å². The fourth-order valence-corrected chi connectivity index (χ4v) is 4.06. The lowest BCUT2D eigenvalue weighted by atomic mass is 10.1. The molecular weight excluding hydrogens is 513 g/mol. The van der Waals surface area contributed by atoms with E-state index in [9.17, 15) is 18.0 Å². The van der Waals surface area contributed by atoms with Crippen LogP contribution in [0.5, 0.6) is 5.75 Å². The van der Waals surface area contributed by atoms with Crippen LogP contribution in [-0.4, -0.2) is 33.8 Å². The van der Waals surface area contributed by atoms with Crippen LogP contribution in [0.1, 0.15) is 52.3 Å². The third-order valence-electron chi connectivity index (χ3n) is 6.32. The summed E-state index contributed by atoms with van der Waals surface area (Å²) in [5, 5.41) is 11.6. The molecule has 3 aromatic rings. The predicted octanol–water partition coefficient (Wildman–Crippen LogP) is 4.04. The monoisotopic (exact) mass is 544 g/mol. The van der Waals surface area contributed by atoms with E-state index < -0.39 is 17.6 Å². The molecule has 1 aromatic carbocycles. The molecule has 39 heavy (non-hydrogen) atoms. The second-order valence-corrected chi connectivity index (χ2v) is 9.45. The molecule has 0 saturated heterocycles. The molecule has 1 aliphatic heterocycles. The number of nitrogens with one attached hydrogen (secondary N) is 4. The highest BCUT2D eigenvalue weighted by atomic mass is 19.4. The smallest absolute Gasteiger partial charge is 0.416 e. The third kappa shape index (κ3) is 5.99. The van der Waals surface area contributed by atoms with Crippen LogP contribution in [0.25, 0.3) is 5.70 Å². The first-order valence-corrected chi connectivity index (χ1v) is 12.2. The van der Waals surface area contributed by atoms with Gasteiger partial charge in [0, 0.05) is 48.9 Å². The Kier molecular flexibility index (Phi) is 7.84. The van der Waals surface area contributed by atoms with Gasteiger partial charge in [-0.25, -0.2) is 0 Å². The van der Waals surface area contributed by atoms with Crippen LogP contribution in [0.15, 0.2) is 36.8 Å². The SMILES string of the molecule is COc1c(CNC(C)C)cc(C(F)(F)F)cc1NC(=O)c1cnc(C)c(N2C=C(c3cnn(C)c3C)NN2)c1. The van der Waals surface area contributed by atoms with Crippen molar-refractivity contribution in [3.63, 3.8) is 0 Å². The maximum Gasteiger partial charge on any atom is 0.416 e. The lowest BCUT2D eigenvalue weighted by Gasteiger charge is -2.20. The van der Waals surface area contributed by atoms with E-state index in [1.165, 1.54) is 13.3 Å². The molecule has 0 saturated carbocycles. The fraction of sp³-hybridized carbons (Fsp3) is 0.346. The lowest BCUT2D eigenvalue weighted by Crippen LogP contribution is -2.36. The maximum absolute atomic E-state index is 13.7. The number of nitrogens with zero attached hydrogens (tertiary/aromatic N) is 4. The Labute approximate surface area is 224 Å². The summed E-state index contributed by atoms with van der Waals surface area (Å²) in [6.07, 6.45) is 0.304. The predicted molar refractivity (Wildman–Crippen MR) is 142 cm³/mol. The summed E-state index contributed by atoms with van der Waals surface area (Å²) in [5.41, 5.74) is 9.36. The number of hydrazine groups is 2. The van der Waals surface area contributed by atoms with Gasteiger partial charge in [0.2, 0.25) is 0 Å². The zero-order chi connectivity index (χ0) is 28.5. The number of hydrogen-bond donors (Lipinski definition) is 4. The summed E-state index contributed by atoms with van der Waals surface area (Å²) in [7, 11) is 3.20. The molecule has 0 unspecified atom stereocenters. The number of halogens is 3. The van der Waals surface area contributed by atoms with Gasteiger partial charge in [-0.3, -0.25) is 19.5 Å². The zero-order valence-electron chi connectivity index (χ0n) is 22.5. The molecule has 0 fully saturated rings. The van der Waals surface area contributed by atoms with Crippen LogP contribution >= 0.6 is 0 Å². The number of hydrogen-bond acceptors (Lipinski definition) is 8. The molecule has 2 aromatic heterocycles. The van der Waals surface area contributed by atoms with Gasteiger partial charge in [0.25, 0.3) is 5.91 Å². The van der Waals surface area contributed by atoms with Crippen molar-refractivity contribution in [1.29, 1.82) is 0 Å². The number of aryl methyl sites for hydroxylation is 2. The Bertz CT molecular complexity index is 1410. The van der Waals surface area contributed by atoms with Crippen LogP contribution in [0.4, 0.5) is 24.5 Å². The third-order valence-corrected chi connectivity index (χ3v) is 6.32. The van der Waals surface area contributed by atoms with Gasteiger partial charge in [-0.15, -0.1) is 5.53 Å². The number of aromatic nitrogens is 3. The maximum atomic E-state index is 13.7. The molecule has 1 aliphatic rings. The van der Waals surface area contributed by atoms with Gasteiger partial charge in [-0.05, 0) is 32.0 Å². The summed E-state index contributed by atoms with van der Waals surface area (Å²) >= 11 is 0. The molecule has 1 amide bonds. The van der Waals surface area contributed by atoms with Crippen molar-refractivity contribution in [1.82, 2.24) is 31.0 Å². The quantitative estimate of drug-likeness (QED) is 0.337. The number of alkyl halides is 3. The largest absolute Gasteiger partial charge is 0.494 e. The Morgan fingerprint density at radius 2 is 1.92 bits per heavy atom. The number of anilines is 2. The number of methoxy groups -OCH3 is 1. The molecule has 0 atom stereocenters. The van der Waals surface area contributed by atoms with Gasteiger partial charge in [0.1, 0.15) is 5.75 Å². The van der Waals surface area contributed by atoms with Crippen LogP contribution in [-0.2, 0) is 19.8 Å². The lowest BCUT2D eigenvalue weighted by molar-refractivity contribution is -0.137. The van der Waals surface area contributed by atoms with Gasteiger partial charge in [0.15, 0.2) is 0 Å². The van der Waals surface area contributed by atoms with Crippen LogP contribution in [0.2, 0.25) is 0 Å². The van der Waals surface area contributed by atoms with E-state index in [0.29, 0.717) is 11.4 Å². The van der Waals surface area contributed by atoms with Crippen molar-refractivity contribution in [2.24, 2.45) is 7.05 Å². The second kappa shape index (κ2) is 10.9. The first kappa shape index (κ1) is 27.9. The van der Waals surface area contributed by atoms with Gasteiger partial charge >= 0.3 is 6.18 Å². The number of benzene rings is 1. The van der Waals surface area contributed by atoms with E-state index >= 15 is 0 Å². The van der Waals surface area contributed by atoms with Crippen molar-refractivity contribution < 1.29 is 22.7 Å². The summed E-state index contributed by atoms with van der Waals surface area (Å²) in [6.45, 7) is 7.61. The molecule has 4 rings (SSSR count). The normalized spacial score (nSPS) is 13.5. The number of pyridine rings is 1. The minimum absolute atomic E-state index is 0.0321. The van der Waals surface area contributed by atoms with Crippen molar-refractivity contribution >= 4 is 23.0 Å². The summed E-state index contributed by atoms with van der Waals surface area (Å²) < 4.78 is 48.2. The second-order valence-electron chi connectivity index (χ2n) is 9.45. The van der Waals surface area contributed by atoms with Crippen molar-refractivity contribution in [3.05, 3.63) is 70.4 Å². The van der Waals surface area contributed by atoms with Crippen molar-refractivity contribution in [2.75, 3.05) is 17.4 Å². The number of carbonyl (C=O) groups is 1. The highest BCUT2D eigenvalue weighted by molar-refractivity contribution is 6.05. The first-order chi connectivity index (χ1) is 18.4. The van der Waals surface area contributed by atoms with E-state index in [-0.39, 0.29) is 35.2 Å². The van der Waals surface area contributed by atoms with Gasteiger partial charge < -0.3 is 20.8 Å². The van der Waals surface area contributed by atoms with Gasteiger partial charge in [-0.2, -0.15) is 18.3 Å². The van der Waals surface area contributed by atoms with Crippen LogP contribution < -0.4 is 31.3 Å². The van der Waals surface area contributed by atoms with E-state index in [0.717, 1.165) is 29.1 Å². The molecule has 0 radical (unpaired) electrons. The average molecular weight is 545 g/mol. The van der Waals surface area contributed by atoms with E-state index in [1.807, 2.05) is 27.8 Å². The molecule has 3 heterocycles. The molecule has 0 spiro atoms. The Morgan fingerprint density at radius 3 is 2.54 bits per heavy atom. The molecule has 0 bridgehead atoms. The number of amides is 1. The Balaban J connectivity index is 1.64. The standard InChI is InChI=1S/C26H31F3N8O2/c1-14(2)30-10-17-7-19(26(27,28)29)9-21(24(17)39-6)33-25(38)18-8-23(15(3)31-11-18)37-13-22(34-35-37)20-12-32-36(5)16(20)4/h7-9,11-14,30,34-35H,10H2,1-6H3,(H,33,38). The summed E-state index contributed by atoms with van der Waals surface area (Å²) in [6, 6.07) is 3.53. The van der Waals surface area contributed by atoms with Crippen LogP contribution in [0.3, 0.4) is 0 Å². The highest BCUT2D eigenvalue weighted by Crippen LogP contribution is 2.38. The molecular formula is C26H31F3N8O2. The Morgan fingerprint density at radius 1 is 1.18 bits per heavy atom. The fourth-order valence-electron chi connectivity index (χ4n) is 4.06. The highest BCUT2D eigenvalue weighted by Gasteiger charge is 2.33. The van der Waals surface area contributed by atoms with Gasteiger partial charge in [-0.1, -0.05) is 13.8 Å². The average Bonchev–Trinajstić information content (AvgIpc) is 3.48. The molecule has 4 N–H and O–H groups in total. The van der Waals surface area contributed by atoms with Crippen molar-refractivity contribution in [3.8, 4) is 5.75 Å². The number of carbonyl (C=O) groups excluding carboxylic acids is 1. The van der Waals surface area contributed by atoms with Crippen LogP contribution in [0, 0.1) is 13.8 Å². The number of ether oxygens (including phenoxy) is 1. The first-order valence-electron chi connectivity index (χ1n) is 12.2. The van der Waals surface area contributed by atoms with E-state index in [4.69, 9.17) is 4.74 Å². The minimum Gasteiger partial charge on any atom is -0.494 e. The molecule has 0 aliphatic carbocycles. The van der Waals surface area contributed by atoms with E-state index in [1.54, 1.807) is 35.1 Å². The van der Waals surface area contributed by atoms with Crippen molar-refractivity contribution in [2.45, 2.75) is 46.5 Å². The molecule has 13 heteroatoms. The zero-order valence-corrected chi connectivity index (χ0v) is 22.5. The summed E-state index contributed by atoms with van der Waals surface area (Å²) in [5.74, 6) is -0.488.